The molecule has 92 valence electrons. The summed E-state index contributed by atoms with van der Waals surface area (Å²) in [5, 5.41) is 2.75. The normalized spacial score (nSPS) is 11.6. The third kappa shape index (κ3) is 5.87. The topological polar surface area (TPSA) is 64.3 Å². The average Bonchev–Trinajstić information content (AvgIpc) is 2.26. The molecule has 0 bridgehead atoms. The first-order valence-corrected chi connectivity index (χ1v) is 5.74. The molecule has 0 heterocycles. The fourth-order valence-electron chi connectivity index (χ4n) is 1.33. The van der Waals surface area contributed by atoms with E-state index in [4.69, 9.17) is 22.7 Å². The van der Waals surface area contributed by atoms with Gasteiger partial charge >= 0.3 is 0 Å². The summed E-state index contributed by atoms with van der Waals surface area (Å²) in [5.74, 6) is 0.488. The summed E-state index contributed by atoms with van der Waals surface area (Å²) in [6.07, 6.45) is 0.492. The number of thiocarbonyl (C=S) groups is 1. The van der Waals surface area contributed by atoms with E-state index in [1.165, 1.54) is 0 Å². The van der Waals surface area contributed by atoms with E-state index in [-0.39, 0.29) is 18.6 Å². The van der Waals surface area contributed by atoms with Crippen molar-refractivity contribution < 1.29 is 9.53 Å². The molecule has 0 saturated heterocycles. The van der Waals surface area contributed by atoms with Crippen LogP contribution in [0.15, 0.2) is 30.3 Å². The number of para-hydroxylation sites is 1. The molecule has 3 N–H and O–H groups in total. The molecule has 1 aromatic rings. The van der Waals surface area contributed by atoms with Crippen molar-refractivity contribution in [3.8, 4) is 5.75 Å². The Morgan fingerprint density at radius 2 is 2.12 bits per heavy atom. The SMILES string of the molecule is CC(CC(N)=S)NC(=O)COc1ccccc1. The fraction of sp³-hybridized carbons (Fsp3) is 0.333. The second kappa shape index (κ2) is 6.85. The molecule has 0 aliphatic rings. The van der Waals surface area contributed by atoms with Gasteiger partial charge in [-0.2, -0.15) is 0 Å². The van der Waals surface area contributed by atoms with Crippen molar-refractivity contribution >= 4 is 23.1 Å². The monoisotopic (exact) mass is 252 g/mol. The molecule has 0 spiro atoms. The summed E-state index contributed by atoms with van der Waals surface area (Å²) < 4.78 is 5.30. The molecular formula is C12H16N2O2S. The van der Waals surface area contributed by atoms with Crippen LogP contribution in [0, 0.1) is 0 Å². The van der Waals surface area contributed by atoms with Gasteiger partial charge in [0.05, 0.1) is 4.99 Å². The second-order valence-electron chi connectivity index (χ2n) is 3.74. The van der Waals surface area contributed by atoms with Gasteiger partial charge in [0.2, 0.25) is 0 Å². The zero-order valence-electron chi connectivity index (χ0n) is 9.68. The van der Waals surface area contributed by atoms with Crippen LogP contribution in [-0.2, 0) is 4.79 Å². The number of carbonyl (C=O) groups excluding carboxylic acids is 1. The Kier molecular flexibility index (Phi) is 5.42. The predicted molar refractivity (Wildman–Crippen MR) is 70.9 cm³/mol. The Hall–Kier alpha value is -1.62. The highest BCUT2D eigenvalue weighted by atomic mass is 32.1. The van der Waals surface area contributed by atoms with Crippen molar-refractivity contribution in [2.24, 2.45) is 5.73 Å². The molecule has 0 aliphatic carbocycles. The molecule has 1 rings (SSSR count). The Bertz CT molecular complexity index is 381. The zero-order valence-corrected chi connectivity index (χ0v) is 10.5. The van der Waals surface area contributed by atoms with Gasteiger partial charge in [0.15, 0.2) is 6.61 Å². The maximum atomic E-state index is 11.5. The third-order valence-corrected chi connectivity index (χ3v) is 2.19. The maximum absolute atomic E-state index is 11.5. The molecule has 1 atom stereocenters. The standard InChI is InChI=1S/C12H16N2O2S/c1-9(7-11(13)17)14-12(15)8-16-10-5-3-2-4-6-10/h2-6,9H,7-8H2,1H3,(H2,13,17)(H,14,15). The molecule has 1 aromatic carbocycles. The quantitative estimate of drug-likeness (QED) is 0.748. The molecule has 17 heavy (non-hydrogen) atoms. The maximum Gasteiger partial charge on any atom is 0.258 e. The lowest BCUT2D eigenvalue weighted by Crippen LogP contribution is -2.38. The zero-order chi connectivity index (χ0) is 12.7. The summed E-state index contributed by atoms with van der Waals surface area (Å²) >= 11 is 4.76. The summed E-state index contributed by atoms with van der Waals surface area (Å²) in [6, 6.07) is 9.11. The van der Waals surface area contributed by atoms with Gasteiger partial charge in [0.25, 0.3) is 5.91 Å². The number of carbonyl (C=O) groups is 1. The van der Waals surface area contributed by atoms with Crippen molar-refractivity contribution in [2.75, 3.05) is 6.61 Å². The van der Waals surface area contributed by atoms with Crippen molar-refractivity contribution in [3.63, 3.8) is 0 Å². The molecular weight excluding hydrogens is 236 g/mol. The minimum absolute atomic E-state index is 0.00825. The molecule has 0 aliphatic heterocycles. The number of nitrogens with one attached hydrogen (secondary N) is 1. The lowest BCUT2D eigenvalue weighted by Gasteiger charge is -2.13. The van der Waals surface area contributed by atoms with Crippen LogP contribution in [0.3, 0.4) is 0 Å². The first kappa shape index (κ1) is 13.4. The van der Waals surface area contributed by atoms with Gasteiger partial charge in [-0.25, -0.2) is 0 Å². The van der Waals surface area contributed by atoms with Gasteiger partial charge in [0, 0.05) is 12.5 Å². The third-order valence-electron chi connectivity index (χ3n) is 2.03. The largest absolute Gasteiger partial charge is 0.484 e. The van der Waals surface area contributed by atoms with Gasteiger partial charge in [-0.05, 0) is 19.1 Å². The number of benzene rings is 1. The van der Waals surface area contributed by atoms with Crippen molar-refractivity contribution in [1.82, 2.24) is 5.32 Å². The van der Waals surface area contributed by atoms with Gasteiger partial charge in [0.1, 0.15) is 5.75 Å². The minimum atomic E-state index is -0.183. The molecule has 1 unspecified atom stereocenters. The van der Waals surface area contributed by atoms with E-state index >= 15 is 0 Å². The van der Waals surface area contributed by atoms with Crippen LogP contribution in [-0.4, -0.2) is 23.5 Å². The number of hydrogen-bond donors (Lipinski definition) is 2. The first-order valence-electron chi connectivity index (χ1n) is 5.33. The van der Waals surface area contributed by atoms with E-state index in [2.05, 4.69) is 5.32 Å². The van der Waals surface area contributed by atoms with Crippen molar-refractivity contribution in [1.29, 1.82) is 0 Å². The molecule has 0 fully saturated rings. The van der Waals surface area contributed by atoms with Crippen LogP contribution in [0.5, 0.6) is 5.75 Å². The average molecular weight is 252 g/mol. The Balaban J connectivity index is 2.28. The molecule has 1 amide bonds. The van der Waals surface area contributed by atoms with E-state index in [0.717, 1.165) is 0 Å². The van der Waals surface area contributed by atoms with E-state index in [1.807, 2.05) is 25.1 Å². The highest BCUT2D eigenvalue weighted by Gasteiger charge is 2.08. The van der Waals surface area contributed by atoms with Gasteiger partial charge in [-0.15, -0.1) is 0 Å². The van der Waals surface area contributed by atoms with Gasteiger partial charge in [-0.1, -0.05) is 30.4 Å². The van der Waals surface area contributed by atoms with Crippen LogP contribution in [0.2, 0.25) is 0 Å². The number of ether oxygens (including phenoxy) is 1. The lowest BCUT2D eigenvalue weighted by atomic mass is 10.2. The molecule has 5 heteroatoms. The molecule has 0 saturated carbocycles. The number of amides is 1. The molecule has 4 nitrogen and oxygen atoms in total. The lowest BCUT2D eigenvalue weighted by molar-refractivity contribution is -0.123. The second-order valence-corrected chi connectivity index (χ2v) is 4.27. The summed E-state index contributed by atoms with van der Waals surface area (Å²) in [7, 11) is 0. The van der Waals surface area contributed by atoms with Crippen molar-refractivity contribution in [3.05, 3.63) is 30.3 Å². The van der Waals surface area contributed by atoms with Crippen molar-refractivity contribution in [2.45, 2.75) is 19.4 Å². The Morgan fingerprint density at radius 1 is 1.47 bits per heavy atom. The highest BCUT2D eigenvalue weighted by Crippen LogP contribution is 2.07. The number of hydrogen-bond acceptors (Lipinski definition) is 3. The predicted octanol–water partition coefficient (Wildman–Crippen LogP) is 1.25. The smallest absolute Gasteiger partial charge is 0.258 e. The fourth-order valence-corrected chi connectivity index (χ4v) is 1.58. The van der Waals surface area contributed by atoms with Crippen LogP contribution in [0.1, 0.15) is 13.3 Å². The summed E-state index contributed by atoms with van der Waals surface area (Å²) in [6.45, 7) is 1.84. The van der Waals surface area contributed by atoms with Crippen LogP contribution < -0.4 is 15.8 Å². The van der Waals surface area contributed by atoms with Gasteiger partial charge in [-0.3, -0.25) is 4.79 Å². The van der Waals surface area contributed by atoms with Gasteiger partial charge < -0.3 is 15.8 Å². The molecule has 0 aromatic heterocycles. The van der Waals surface area contributed by atoms with Crippen LogP contribution >= 0.6 is 12.2 Å². The van der Waals surface area contributed by atoms with E-state index in [9.17, 15) is 4.79 Å². The number of rotatable bonds is 6. The number of nitrogens with two attached hydrogens (primary N) is 1. The minimum Gasteiger partial charge on any atom is -0.484 e. The summed E-state index contributed by atoms with van der Waals surface area (Å²) in [4.78, 5) is 11.9. The Morgan fingerprint density at radius 3 is 2.71 bits per heavy atom. The van der Waals surface area contributed by atoms with Crippen LogP contribution in [0.25, 0.3) is 0 Å². The van der Waals surface area contributed by atoms with E-state index < -0.39 is 0 Å². The summed E-state index contributed by atoms with van der Waals surface area (Å²) in [5.41, 5.74) is 5.38. The van der Waals surface area contributed by atoms with E-state index in [0.29, 0.717) is 17.2 Å². The Labute approximate surface area is 106 Å². The van der Waals surface area contributed by atoms with Crippen LogP contribution in [0.4, 0.5) is 0 Å². The molecule has 0 radical (unpaired) electrons. The highest BCUT2D eigenvalue weighted by molar-refractivity contribution is 7.80. The first-order chi connectivity index (χ1) is 8.08. The van der Waals surface area contributed by atoms with E-state index in [1.54, 1.807) is 12.1 Å².